The number of hydrogen-bond donors (Lipinski definition) is 0. The number of nitriles is 1. The highest BCUT2D eigenvalue weighted by Crippen LogP contribution is 2.30. The Morgan fingerprint density at radius 2 is 2.13 bits per heavy atom. The number of fused-ring (bicyclic) bond motifs is 1. The second kappa shape index (κ2) is 3.39. The molecule has 1 aromatic heterocycles. The molecule has 0 aliphatic heterocycles. The van der Waals surface area contributed by atoms with Gasteiger partial charge >= 0.3 is 0 Å². The molecule has 0 aliphatic rings. The maximum atomic E-state index is 8.95. The molecule has 0 unspecified atom stereocenters. The van der Waals surface area contributed by atoms with E-state index >= 15 is 0 Å². The minimum Gasteiger partial charge on any atom is -0.355 e. The number of aromatic nitrogens is 1. The number of rotatable bonds is 1. The summed E-state index contributed by atoms with van der Waals surface area (Å²) in [5.74, 6) is 0.361. The summed E-state index contributed by atoms with van der Waals surface area (Å²) in [6.07, 6.45) is 0. The molecule has 0 atom stereocenters. The Morgan fingerprint density at radius 1 is 1.40 bits per heavy atom. The van der Waals surface area contributed by atoms with Crippen LogP contribution in [0.1, 0.15) is 36.6 Å². The molecular formula is C12H12N2O. The van der Waals surface area contributed by atoms with Gasteiger partial charge in [-0.1, -0.05) is 25.1 Å². The van der Waals surface area contributed by atoms with E-state index in [9.17, 15) is 0 Å². The van der Waals surface area contributed by atoms with E-state index in [-0.39, 0.29) is 0 Å². The average Bonchev–Trinajstić information content (AvgIpc) is 2.59. The normalized spacial score (nSPS) is 10.9. The fourth-order valence-electron chi connectivity index (χ4n) is 1.98. The molecule has 0 radical (unpaired) electrons. The lowest BCUT2D eigenvalue weighted by Gasteiger charge is -2.09. The van der Waals surface area contributed by atoms with Crippen molar-refractivity contribution in [2.75, 3.05) is 0 Å². The van der Waals surface area contributed by atoms with Gasteiger partial charge in [0.1, 0.15) is 6.07 Å². The van der Waals surface area contributed by atoms with Crippen molar-refractivity contribution in [1.82, 2.24) is 5.16 Å². The highest BCUT2D eigenvalue weighted by atomic mass is 16.5. The summed E-state index contributed by atoms with van der Waals surface area (Å²) < 4.78 is 5.11. The topological polar surface area (TPSA) is 49.8 Å². The van der Waals surface area contributed by atoms with Crippen molar-refractivity contribution >= 4 is 11.0 Å². The molecule has 76 valence electrons. The quantitative estimate of drug-likeness (QED) is 0.710. The van der Waals surface area contributed by atoms with E-state index in [2.05, 4.69) is 25.1 Å². The first-order valence-electron chi connectivity index (χ1n) is 4.94. The summed E-state index contributed by atoms with van der Waals surface area (Å²) in [6.45, 7) is 6.26. The first-order chi connectivity index (χ1) is 7.15. The van der Waals surface area contributed by atoms with Gasteiger partial charge in [0.25, 0.3) is 0 Å². The molecule has 0 saturated heterocycles. The predicted octanol–water partition coefficient (Wildman–Crippen LogP) is 3.13. The number of aryl methyl sites for hydroxylation is 1. The van der Waals surface area contributed by atoms with Crippen molar-refractivity contribution in [2.24, 2.45) is 0 Å². The third-order valence-corrected chi connectivity index (χ3v) is 2.58. The Labute approximate surface area is 88.3 Å². The van der Waals surface area contributed by atoms with Gasteiger partial charge in [-0.2, -0.15) is 5.26 Å². The predicted molar refractivity (Wildman–Crippen MR) is 57.6 cm³/mol. The molecule has 2 aromatic rings. The van der Waals surface area contributed by atoms with Crippen LogP contribution in [0.3, 0.4) is 0 Å². The molecule has 1 aromatic carbocycles. The second-order valence-corrected chi connectivity index (χ2v) is 3.97. The van der Waals surface area contributed by atoms with E-state index < -0.39 is 0 Å². The van der Waals surface area contributed by atoms with Gasteiger partial charge in [-0.05, 0) is 30.0 Å². The molecule has 3 heteroatoms. The Hall–Kier alpha value is -1.82. The lowest BCUT2D eigenvalue weighted by atomic mass is 9.93. The molecule has 0 N–H and O–H groups in total. The van der Waals surface area contributed by atoms with E-state index in [1.807, 2.05) is 19.1 Å². The van der Waals surface area contributed by atoms with Crippen LogP contribution in [0.4, 0.5) is 0 Å². The van der Waals surface area contributed by atoms with Gasteiger partial charge in [0.2, 0.25) is 0 Å². The van der Waals surface area contributed by atoms with Crippen molar-refractivity contribution in [3.8, 4) is 6.07 Å². The van der Waals surface area contributed by atoms with Crippen LogP contribution < -0.4 is 0 Å². The van der Waals surface area contributed by atoms with Crippen molar-refractivity contribution in [3.05, 3.63) is 29.0 Å². The minimum atomic E-state index is 0.361. The van der Waals surface area contributed by atoms with Crippen LogP contribution in [0.15, 0.2) is 16.7 Å². The van der Waals surface area contributed by atoms with Crippen LogP contribution >= 0.6 is 0 Å². The average molecular weight is 200 g/mol. The van der Waals surface area contributed by atoms with Crippen LogP contribution in [-0.4, -0.2) is 5.16 Å². The molecule has 2 rings (SSSR count). The van der Waals surface area contributed by atoms with Gasteiger partial charge in [-0.3, -0.25) is 0 Å². The largest absolute Gasteiger partial charge is 0.355 e. The molecule has 1 heterocycles. The molecule has 0 amide bonds. The Morgan fingerprint density at radius 3 is 2.73 bits per heavy atom. The zero-order chi connectivity index (χ0) is 11.0. The van der Waals surface area contributed by atoms with Crippen molar-refractivity contribution in [2.45, 2.75) is 26.7 Å². The van der Waals surface area contributed by atoms with E-state index in [0.717, 1.165) is 10.9 Å². The maximum Gasteiger partial charge on any atom is 0.191 e. The molecule has 0 bridgehead atoms. The first kappa shape index (κ1) is 9.72. The van der Waals surface area contributed by atoms with Gasteiger partial charge in [0.05, 0.1) is 5.39 Å². The number of hydrogen-bond acceptors (Lipinski definition) is 3. The Bertz CT molecular complexity index is 546. The summed E-state index contributed by atoms with van der Waals surface area (Å²) in [7, 11) is 0. The van der Waals surface area contributed by atoms with Gasteiger partial charge in [0.15, 0.2) is 11.3 Å². The zero-order valence-corrected chi connectivity index (χ0v) is 9.03. The highest BCUT2D eigenvalue weighted by Gasteiger charge is 2.16. The van der Waals surface area contributed by atoms with E-state index in [1.165, 1.54) is 5.56 Å². The number of nitrogens with zero attached hydrogens (tertiary/aromatic N) is 2. The third-order valence-electron chi connectivity index (χ3n) is 2.58. The van der Waals surface area contributed by atoms with Crippen LogP contribution in [0.2, 0.25) is 0 Å². The summed E-state index contributed by atoms with van der Waals surface area (Å²) >= 11 is 0. The summed E-state index contributed by atoms with van der Waals surface area (Å²) in [6, 6.07) is 5.94. The molecule has 15 heavy (non-hydrogen) atoms. The van der Waals surface area contributed by atoms with Gasteiger partial charge in [0, 0.05) is 0 Å². The van der Waals surface area contributed by atoms with E-state index in [4.69, 9.17) is 9.78 Å². The SMILES string of the molecule is Cc1ccc2onc(C#N)c2c1C(C)C. The summed E-state index contributed by atoms with van der Waals surface area (Å²) in [4.78, 5) is 0. The van der Waals surface area contributed by atoms with Crippen molar-refractivity contribution in [3.63, 3.8) is 0 Å². The van der Waals surface area contributed by atoms with Gasteiger partial charge < -0.3 is 4.52 Å². The first-order valence-corrected chi connectivity index (χ1v) is 4.94. The highest BCUT2D eigenvalue weighted by molar-refractivity contribution is 5.86. The third kappa shape index (κ3) is 1.39. The fraction of sp³-hybridized carbons (Fsp3) is 0.333. The molecule has 0 fully saturated rings. The fourth-order valence-corrected chi connectivity index (χ4v) is 1.98. The van der Waals surface area contributed by atoms with Crippen LogP contribution in [0.25, 0.3) is 11.0 Å². The standard InChI is InChI=1S/C12H12N2O/c1-7(2)11-8(3)4-5-10-12(11)9(6-13)14-15-10/h4-5,7H,1-3H3. The zero-order valence-electron chi connectivity index (χ0n) is 9.03. The van der Waals surface area contributed by atoms with E-state index in [0.29, 0.717) is 17.2 Å². The lowest BCUT2D eigenvalue weighted by Crippen LogP contribution is -1.93. The Balaban J connectivity index is 2.90. The second-order valence-electron chi connectivity index (χ2n) is 3.97. The number of benzene rings is 1. The minimum absolute atomic E-state index is 0.361. The van der Waals surface area contributed by atoms with Crippen LogP contribution in [0.5, 0.6) is 0 Å². The van der Waals surface area contributed by atoms with E-state index in [1.54, 1.807) is 0 Å². The summed E-state index contributed by atoms with van der Waals surface area (Å²) in [5.41, 5.74) is 3.42. The molecule has 0 saturated carbocycles. The molecule has 3 nitrogen and oxygen atoms in total. The molecule has 0 spiro atoms. The smallest absolute Gasteiger partial charge is 0.191 e. The monoisotopic (exact) mass is 200 g/mol. The van der Waals surface area contributed by atoms with Gasteiger partial charge in [-0.25, -0.2) is 0 Å². The lowest BCUT2D eigenvalue weighted by molar-refractivity contribution is 0.454. The molecule has 0 aliphatic carbocycles. The van der Waals surface area contributed by atoms with Crippen LogP contribution in [-0.2, 0) is 0 Å². The van der Waals surface area contributed by atoms with Crippen LogP contribution in [0, 0.1) is 18.3 Å². The summed E-state index contributed by atoms with van der Waals surface area (Å²) in [5, 5.41) is 13.6. The Kier molecular flexibility index (Phi) is 2.20. The molecular weight excluding hydrogens is 188 g/mol. The maximum absolute atomic E-state index is 8.95. The van der Waals surface area contributed by atoms with Crippen molar-refractivity contribution in [1.29, 1.82) is 5.26 Å². The van der Waals surface area contributed by atoms with Gasteiger partial charge in [-0.15, -0.1) is 0 Å². The van der Waals surface area contributed by atoms with Crippen molar-refractivity contribution < 1.29 is 4.52 Å².